The van der Waals surface area contributed by atoms with E-state index in [-0.39, 0.29) is 10.5 Å². The molecule has 184 valence electrons. The zero-order valence-corrected chi connectivity index (χ0v) is 20.8. The van der Waals surface area contributed by atoms with E-state index in [9.17, 15) is 18.0 Å². The molecule has 0 aliphatic heterocycles. The predicted octanol–water partition coefficient (Wildman–Crippen LogP) is 4.27. The summed E-state index contributed by atoms with van der Waals surface area (Å²) in [5.41, 5.74) is 2.16. The molecule has 1 N–H and O–H groups in total. The molecule has 1 atom stereocenters. The minimum Gasteiger partial charge on any atom is -0.497 e. The zero-order valence-electron chi connectivity index (χ0n) is 20.0. The molecule has 0 heterocycles. The average Bonchev–Trinajstić information content (AvgIpc) is 2.88. The zero-order chi connectivity index (χ0) is 25.6. The molecule has 3 rings (SSSR count). The summed E-state index contributed by atoms with van der Waals surface area (Å²) < 4.78 is 37.7. The van der Waals surface area contributed by atoms with E-state index >= 15 is 0 Å². The third-order valence-corrected chi connectivity index (χ3v) is 7.23. The van der Waals surface area contributed by atoms with Crippen LogP contribution < -0.4 is 14.4 Å². The Balaban J connectivity index is 1.70. The fraction of sp³-hybridized carbons (Fsp3) is 0.231. The van der Waals surface area contributed by atoms with Crippen molar-refractivity contribution in [2.45, 2.75) is 31.3 Å². The van der Waals surface area contributed by atoms with E-state index in [4.69, 9.17) is 9.47 Å². The molecular formula is C26H28N2O6S. The van der Waals surface area contributed by atoms with Crippen LogP contribution in [0.2, 0.25) is 0 Å². The fourth-order valence-corrected chi connectivity index (χ4v) is 4.46. The molecule has 3 aromatic rings. The van der Waals surface area contributed by atoms with Crippen LogP contribution in [0.1, 0.15) is 29.8 Å². The molecule has 0 saturated heterocycles. The van der Waals surface area contributed by atoms with Gasteiger partial charge in [0, 0.05) is 12.7 Å². The monoisotopic (exact) mass is 496 g/mol. The molecule has 0 fully saturated rings. The molecule has 1 amide bonds. The molecular weight excluding hydrogens is 468 g/mol. The molecule has 0 radical (unpaired) electrons. The van der Waals surface area contributed by atoms with Gasteiger partial charge in [-0.15, -0.1) is 0 Å². The maximum Gasteiger partial charge on any atom is 0.338 e. The lowest BCUT2D eigenvalue weighted by atomic mass is 10.1. The maximum absolute atomic E-state index is 13.1. The van der Waals surface area contributed by atoms with Crippen molar-refractivity contribution in [3.63, 3.8) is 0 Å². The molecule has 0 aliphatic carbocycles. The second-order valence-corrected chi connectivity index (χ2v) is 9.75. The lowest BCUT2D eigenvalue weighted by Gasteiger charge is -2.20. The number of hydrogen-bond acceptors (Lipinski definition) is 6. The summed E-state index contributed by atoms with van der Waals surface area (Å²) in [5, 5.41) is 2.70. The van der Waals surface area contributed by atoms with Crippen molar-refractivity contribution in [1.29, 1.82) is 0 Å². The van der Waals surface area contributed by atoms with Gasteiger partial charge in [-0.3, -0.25) is 9.10 Å². The van der Waals surface area contributed by atoms with Crippen LogP contribution in [0, 0.1) is 0 Å². The highest BCUT2D eigenvalue weighted by molar-refractivity contribution is 7.92. The standard InChI is InChI=1S/C26H28N2O6S/c1-5-19-9-11-21(12-10-19)27-25(29)18(2)34-26(30)20-7-6-8-24(17-20)35(31,32)28(3)22-13-15-23(33-4)16-14-22/h6-18H,5H2,1-4H3,(H,27,29)/t18-/m0/s1. The first-order valence-electron chi connectivity index (χ1n) is 11.0. The largest absolute Gasteiger partial charge is 0.497 e. The number of carbonyl (C=O) groups is 2. The first-order valence-corrected chi connectivity index (χ1v) is 12.4. The van der Waals surface area contributed by atoms with Crippen LogP contribution >= 0.6 is 0 Å². The third-order valence-electron chi connectivity index (χ3n) is 5.45. The highest BCUT2D eigenvalue weighted by atomic mass is 32.2. The van der Waals surface area contributed by atoms with Gasteiger partial charge in [0.15, 0.2) is 6.10 Å². The SMILES string of the molecule is CCc1ccc(NC(=O)[C@H](C)OC(=O)c2cccc(S(=O)(=O)N(C)c3ccc(OC)cc3)c2)cc1. The number of nitrogens with one attached hydrogen (secondary N) is 1. The van der Waals surface area contributed by atoms with E-state index in [0.29, 0.717) is 17.1 Å². The number of nitrogens with zero attached hydrogens (tertiary/aromatic N) is 1. The van der Waals surface area contributed by atoms with Crippen molar-refractivity contribution in [2.24, 2.45) is 0 Å². The number of hydrogen-bond donors (Lipinski definition) is 1. The quantitative estimate of drug-likeness (QED) is 0.444. The molecule has 35 heavy (non-hydrogen) atoms. The predicted molar refractivity (Wildman–Crippen MR) is 134 cm³/mol. The van der Waals surface area contributed by atoms with Gasteiger partial charge in [0.25, 0.3) is 15.9 Å². The number of esters is 1. The summed E-state index contributed by atoms with van der Waals surface area (Å²) in [6.45, 7) is 3.48. The summed E-state index contributed by atoms with van der Waals surface area (Å²) in [6.07, 6.45) is -0.206. The Labute approximate surface area is 205 Å². The first kappa shape index (κ1) is 25.8. The van der Waals surface area contributed by atoms with Gasteiger partial charge in [-0.25, -0.2) is 13.2 Å². The summed E-state index contributed by atoms with van der Waals surface area (Å²) in [7, 11) is -1.01. The van der Waals surface area contributed by atoms with Gasteiger partial charge in [-0.05, 0) is 73.5 Å². The number of amides is 1. The smallest absolute Gasteiger partial charge is 0.338 e. The van der Waals surface area contributed by atoms with Crippen LogP contribution in [0.3, 0.4) is 0 Å². The first-order chi connectivity index (χ1) is 16.6. The molecule has 0 saturated carbocycles. The normalized spacial score (nSPS) is 11.9. The Morgan fingerprint density at radius 2 is 1.66 bits per heavy atom. The molecule has 0 spiro atoms. The number of aryl methyl sites for hydroxylation is 1. The van der Waals surface area contributed by atoms with Crippen molar-refractivity contribution in [1.82, 2.24) is 0 Å². The van der Waals surface area contributed by atoms with Crippen LogP contribution in [-0.4, -0.2) is 40.6 Å². The van der Waals surface area contributed by atoms with E-state index in [0.717, 1.165) is 16.3 Å². The summed E-state index contributed by atoms with van der Waals surface area (Å²) in [6, 6.07) is 19.4. The Kier molecular flexibility index (Phi) is 8.14. The molecule has 3 aromatic carbocycles. The number of anilines is 2. The van der Waals surface area contributed by atoms with E-state index in [1.807, 2.05) is 19.1 Å². The van der Waals surface area contributed by atoms with Gasteiger partial charge in [-0.2, -0.15) is 0 Å². The minimum atomic E-state index is -3.95. The molecule has 0 unspecified atom stereocenters. The second kappa shape index (κ2) is 11.1. The molecule has 9 heteroatoms. The number of benzene rings is 3. The lowest BCUT2D eigenvalue weighted by Crippen LogP contribution is -2.30. The number of ether oxygens (including phenoxy) is 2. The molecule has 0 aromatic heterocycles. The van der Waals surface area contributed by atoms with Crippen molar-refractivity contribution in [2.75, 3.05) is 23.8 Å². The third kappa shape index (κ3) is 6.19. The van der Waals surface area contributed by atoms with Crippen molar-refractivity contribution >= 4 is 33.3 Å². The minimum absolute atomic E-state index is 0.0150. The number of rotatable bonds is 9. The highest BCUT2D eigenvalue weighted by Gasteiger charge is 2.24. The van der Waals surface area contributed by atoms with Crippen LogP contribution in [0.25, 0.3) is 0 Å². The molecule has 0 aliphatic rings. The maximum atomic E-state index is 13.1. The number of sulfonamides is 1. The lowest BCUT2D eigenvalue weighted by molar-refractivity contribution is -0.123. The second-order valence-electron chi connectivity index (χ2n) is 7.79. The summed E-state index contributed by atoms with van der Waals surface area (Å²) >= 11 is 0. The summed E-state index contributed by atoms with van der Waals surface area (Å²) in [4.78, 5) is 25.0. The van der Waals surface area contributed by atoms with Gasteiger partial charge < -0.3 is 14.8 Å². The van der Waals surface area contributed by atoms with Crippen molar-refractivity contribution < 1.29 is 27.5 Å². The van der Waals surface area contributed by atoms with Gasteiger partial charge in [0.05, 0.1) is 23.3 Å². The average molecular weight is 497 g/mol. The van der Waals surface area contributed by atoms with Gasteiger partial charge in [0.2, 0.25) is 0 Å². The highest BCUT2D eigenvalue weighted by Crippen LogP contribution is 2.25. The van der Waals surface area contributed by atoms with Crippen molar-refractivity contribution in [3.8, 4) is 5.75 Å². The van der Waals surface area contributed by atoms with Crippen LogP contribution in [0.4, 0.5) is 11.4 Å². The summed E-state index contributed by atoms with van der Waals surface area (Å²) in [5.74, 6) is -0.704. The number of methoxy groups -OCH3 is 1. The Morgan fingerprint density at radius 1 is 1.00 bits per heavy atom. The Bertz CT molecular complexity index is 1290. The molecule has 0 bridgehead atoms. The van der Waals surface area contributed by atoms with E-state index < -0.39 is 28.0 Å². The molecule has 8 nitrogen and oxygen atoms in total. The van der Waals surface area contributed by atoms with E-state index in [1.54, 1.807) is 36.4 Å². The fourth-order valence-electron chi connectivity index (χ4n) is 3.22. The number of carbonyl (C=O) groups excluding carboxylic acids is 2. The van der Waals surface area contributed by atoms with Gasteiger partial charge in [0.1, 0.15) is 5.75 Å². The topological polar surface area (TPSA) is 102 Å². The van der Waals surface area contributed by atoms with Crippen LogP contribution in [0.5, 0.6) is 5.75 Å². The Morgan fingerprint density at radius 3 is 2.26 bits per heavy atom. The van der Waals surface area contributed by atoms with Crippen LogP contribution in [-0.2, 0) is 26.0 Å². The van der Waals surface area contributed by atoms with E-state index in [1.165, 1.54) is 45.3 Å². The van der Waals surface area contributed by atoms with Crippen molar-refractivity contribution in [3.05, 3.63) is 83.9 Å². The van der Waals surface area contributed by atoms with E-state index in [2.05, 4.69) is 5.32 Å². The van der Waals surface area contributed by atoms with Crippen LogP contribution in [0.15, 0.2) is 77.7 Å². The Hall–Kier alpha value is -3.85. The van der Waals surface area contributed by atoms with Gasteiger partial charge in [-0.1, -0.05) is 25.1 Å². The van der Waals surface area contributed by atoms with Gasteiger partial charge >= 0.3 is 5.97 Å².